The number of nitrogens with two attached hydrogens (primary N) is 1. The summed E-state index contributed by atoms with van der Waals surface area (Å²) in [6.45, 7) is 22.5. The maximum absolute atomic E-state index is 6.49. The lowest BCUT2D eigenvalue weighted by atomic mass is 9.32. The molecule has 0 amide bonds. The van der Waals surface area contributed by atoms with E-state index in [0.717, 1.165) is 5.69 Å². The summed E-state index contributed by atoms with van der Waals surface area (Å²) in [5, 5.41) is 0. The fraction of sp³-hybridized carbons (Fsp3) is 0.357. The van der Waals surface area contributed by atoms with Gasteiger partial charge in [0, 0.05) is 5.69 Å². The van der Waals surface area contributed by atoms with Crippen LogP contribution in [0.2, 0.25) is 0 Å². The third-order valence-corrected chi connectivity index (χ3v) is 7.08. The van der Waals surface area contributed by atoms with Crippen molar-refractivity contribution in [2.75, 3.05) is 5.73 Å². The average molecular weight is 397 g/mol. The third-order valence-electron chi connectivity index (χ3n) is 7.08. The number of anilines is 1. The van der Waals surface area contributed by atoms with Crippen LogP contribution in [0.5, 0.6) is 0 Å². The van der Waals surface area contributed by atoms with Crippen molar-refractivity contribution in [1.29, 1.82) is 0 Å². The van der Waals surface area contributed by atoms with Crippen LogP contribution < -0.4 is 22.1 Å². The number of rotatable bonds is 3. The van der Waals surface area contributed by atoms with Gasteiger partial charge in [-0.1, -0.05) is 85.2 Å². The Balaban J connectivity index is 2.53. The summed E-state index contributed by atoms with van der Waals surface area (Å²) in [6.07, 6.45) is 0. The SMILES string of the molecule is Cc1cc(C)c(B(c2c(C)cc(C)cc2C)c2c(C)c(C)c(N)c(C)c2C)c(C)c1. The van der Waals surface area contributed by atoms with Gasteiger partial charge >= 0.3 is 0 Å². The molecule has 0 saturated carbocycles. The van der Waals surface area contributed by atoms with Crippen LogP contribution in [-0.4, -0.2) is 6.71 Å². The van der Waals surface area contributed by atoms with E-state index >= 15 is 0 Å². The number of aryl methyl sites for hydroxylation is 6. The minimum absolute atomic E-state index is 0.198. The lowest BCUT2D eigenvalue weighted by Gasteiger charge is -2.29. The van der Waals surface area contributed by atoms with E-state index in [1.807, 2.05) is 0 Å². The van der Waals surface area contributed by atoms with E-state index in [0.29, 0.717) is 0 Å². The second-order valence-corrected chi connectivity index (χ2v) is 9.39. The minimum atomic E-state index is 0.198. The topological polar surface area (TPSA) is 26.0 Å². The lowest BCUT2D eigenvalue weighted by Crippen LogP contribution is -2.57. The Morgan fingerprint density at radius 3 is 1.07 bits per heavy atom. The smallest absolute Gasteiger partial charge is 0.243 e. The third kappa shape index (κ3) is 3.58. The molecule has 0 spiro atoms. The van der Waals surface area contributed by atoms with Crippen LogP contribution in [0.3, 0.4) is 0 Å². The van der Waals surface area contributed by atoms with Crippen LogP contribution in [0.1, 0.15) is 55.6 Å². The van der Waals surface area contributed by atoms with Crippen LogP contribution in [0.25, 0.3) is 0 Å². The molecule has 0 radical (unpaired) electrons. The summed E-state index contributed by atoms with van der Waals surface area (Å²) in [6, 6.07) is 9.32. The van der Waals surface area contributed by atoms with E-state index in [1.165, 1.54) is 72.0 Å². The van der Waals surface area contributed by atoms with Crippen LogP contribution in [-0.2, 0) is 0 Å². The Labute approximate surface area is 183 Å². The van der Waals surface area contributed by atoms with Gasteiger partial charge in [-0.2, -0.15) is 0 Å². The lowest BCUT2D eigenvalue weighted by molar-refractivity contribution is 1.27. The van der Waals surface area contributed by atoms with Gasteiger partial charge in [0.05, 0.1) is 0 Å². The van der Waals surface area contributed by atoms with Gasteiger partial charge in [0.25, 0.3) is 0 Å². The molecule has 0 heterocycles. The van der Waals surface area contributed by atoms with Gasteiger partial charge in [-0.25, -0.2) is 0 Å². The standard InChI is InChI=1S/C28H36BN/c1-15-11-17(3)25(18(4)12-15)29(26-19(5)13-16(2)14-20(26)6)27-21(7)23(9)28(30)24(10)22(27)8/h11-14H,30H2,1-10H3. The van der Waals surface area contributed by atoms with Crippen molar-refractivity contribution in [2.45, 2.75) is 69.2 Å². The van der Waals surface area contributed by atoms with E-state index in [-0.39, 0.29) is 6.71 Å². The van der Waals surface area contributed by atoms with E-state index in [2.05, 4.69) is 93.5 Å². The maximum Gasteiger partial charge on any atom is 0.243 e. The average Bonchev–Trinajstić information content (AvgIpc) is 2.63. The van der Waals surface area contributed by atoms with Gasteiger partial charge < -0.3 is 5.73 Å². The van der Waals surface area contributed by atoms with Crippen LogP contribution in [0.4, 0.5) is 5.69 Å². The monoisotopic (exact) mass is 397 g/mol. The molecule has 2 N–H and O–H groups in total. The van der Waals surface area contributed by atoms with Gasteiger partial charge in [0.1, 0.15) is 0 Å². The highest BCUT2D eigenvalue weighted by molar-refractivity contribution is 6.97. The predicted octanol–water partition coefficient (Wildman–Crippen LogP) is 4.87. The summed E-state index contributed by atoms with van der Waals surface area (Å²) in [5.74, 6) is 0. The number of nitrogen functional groups attached to an aromatic ring is 1. The zero-order chi connectivity index (χ0) is 22.5. The van der Waals surface area contributed by atoms with Gasteiger partial charge in [-0.3, -0.25) is 0 Å². The van der Waals surface area contributed by atoms with Crippen molar-refractivity contribution >= 4 is 28.8 Å². The van der Waals surface area contributed by atoms with Crippen LogP contribution in [0, 0.1) is 69.2 Å². The highest BCUT2D eigenvalue weighted by Crippen LogP contribution is 2.24. The van der Waals surface area contributed by atoms with E-state index in [4.69, 9.17) is 5.73 Å². The van der Waals surface area contributed by atoms with Crippen molar-refractivity contribution in [3.05, 3.63) is 79.9 Å². The molecule has 3 aromatic rings. The van der Waals surface area contributed by atoms with Crippen molar-refractivity contribution in [3.8, 4) is 0 Å². The Morgan fingerprint density at radius 1 is 0.467 bits per heavy atom. The molecule has 0 aliphatic carbocycles. The number of hydrogen-bond acceptors (Lipinski definition) is 1. The highest BCUT2D eigenvalue weighted by atomic mass is 14.6. The highest BCUT2D eigenvalue weighted by Gasteiger charge is 2.32. The number of hydrogen-bond donors (Lipinski definition) is 1. The molecule has 0 unspecified atom stereocenters. The predicted molar refractivity (Wildman–Crippen MR) is 136 cm³/mol. The molecule has 3 rings (SSSR count). The summed E-state index contributed by atoms with van der Waals surface area (Å²) in [7, 11) is 0. The summed E-state index contributed by atoms with van der Waals surface area (Å²) < 4.78 is 0. The molecular formula is C28H36BN. The van der Waals surface area contributed by atoms with E-state index < -0.39 is 0 Å². The van der Waals surface area contributed by atoms with E-state index in [9.17, 15) is 0 Å². The molecule has 2 heteroatoms. The Bertz CT molecular complexity index is 1020. The number of benzene rings is 3. The normalized spacial score (nSPS) is 11.1. The summed E-state index contributed by atoms with van der Waals surface area (Å²) in [4.78, 5) is 0. The minimum Gasteiger partial charge on any atom is -0.398 e. The molecule has 30 heavy (non-hydrogen) atoms. The molecule has 0 saturated heterocycles. The van der Waals surface area contributed by atoms with Crippen LogP contribution >= 0.6 is 0 Å². The van der Waals surface area contributed by atoms with Gasteiger partial charge in [-0.05, 0) is 80.4 Å². The van der Waals surface area contributed by atoms with Crippen molar-refractivity contribution in [2.24, 2.45) is 0 Å². The van der Waals surface area contributed by atoms with Crippen molar-refractivity contribution in [3.63, 3.8) is 0 Å². The Hall–Kier alpha value is -2.48. The molecule has 0 atom stereocenters. The molecule has 3 aromatic carbocycles. The first-order valence-corrected chi connectivity index (χ1v) is 11.0. The zero-order valence-electron chi connectivity index (χ0n) is 20.5. The fourth-order valence-electron chi connectivity index (χ4n) is 5.53. The molecule has 156 valence electrons. The second-order valence-electron chi connectivity index (χ2n) is 9.39. The summed E-state index contributed by atoms with van der Waals surface area (Å²) >= 11 is 0. The van der Waals surface area contributed by atoms with Crippen LogP contribution in [0.15, 0.2) is 24.3 Å². The first-order valence-electron chi connectivity index (χ1n) is 11.0. The Kier molecular flexibility index (Phi) is 5.91. The molecule has 0 aliphatic rings. The molecule has 0 aliphatic heterocycles. The maximum atomic E-state index is 6.49. The quantitative estimate of drug-likeness (QED) is 0.495. The first-order chi connectivity index (χ1) is 14.0. The molecule has 0 fully saturated rings. The van der Waals surface area contributed by atoms with E-state index in [1.54, 1.807) is 0 Å². The fourth-order valence-corrected chi connectivity index (χ4v) is 5.53. The van der Waals surface area contributed by atoms with Gasteiger partial charge in [0.15, 0.2) is 0 Å². The van der Waals surface area contributed by atoms with Crippen molar-refractivity contribution in [1.82, 2.24) is 0 Å². The first kappa shape index (κ1) is 22.2. The largest absolute Gasteiger partial charge is 0.398 e. The zero-order valence-corrected chi connectivity index (χ0v) is 20.5. The molecule has 0 aromatic heterocycles. The molecule has 0 bridgehead atoms. The van der Waals surface area contributed by atoms with Gasteiger partial charge in [-0.15, -0.1) is 0 Å². The molecule has 1 nitrogen and oxygen atoms in total. The Morgan fingerprint density at radius 2 is 0.767 bits per heavy atom. The second kappa shape index (κ2) is 7.98. The van der Waals surface area contributed by atoms with Gasteiger partial charge in [0.2, 0.25) is 6.71 Å². The molecular weight excluding hydrogens is 361 g/mol. The van der Waals surface area contributed by atoms with Crippen molar-refractivity contribution < 1.29 is 0 Å². The summed E-state index contributed by atoms with van der Waals surface area (Å²) in [5.41, 5.74) is 24.9.